The van der Waals surface area contributed by atoms with Gasteiger partial charge in [-0.05, 0) is 60.7 Å². The van der Waals surface area contributed by atoms with Crippen LogP contribution < -0.4 is 4.74 Å². The van der Waals surface area contributed by atoms with Crippen molar-refractivity contribution in [3.05, 3.63) is 65.0 Å². The predicted octanol–water partition coefficient (Wildman–Crippen LogP) is 2.86. The number of pyridine rings is 1. The molecule has 1 unspecified atom stereocenters. The van der Waals surface area contributed by atoms with E-state index >= 15 is 0 Å². The second kappa shape index (κ2) is 8.67. The van der Waals surface area contributed by atoms with Crippen molar-refractivity contribution >= 4 is 17.4 Å². The highest BCUT2D eigenvalue weighted by atomic mass is 16.5. The minimum atomic E-state index is -0.680. The van der Waals surface area contributed by atoms with Crippen LogP contribution in [-0.4, -0.2) is 53.5 Å². The lowest BCUT2D eigenvalue weighted by Crippen LogP contribution is -2.31. The molecule has 0 aliphatic carbocycles. The number of aryl methyl sites for hydroxylation is 1. The number of amides is 1. The number of methoxy groups -OCH3 is 1. The highest BCUT2D eigenvalue weighted by Gasteiger charge is 2.45. The molecule has 1 aromatic carbocycles. The van der Waals surface area contributed by atoms with Crippen molar-refractivity contribution in [3.8, 4) is 5.75 Å². The largest absolute Gasteiger partial charge is 0.507 e. The topological polar surface area (TPSA) is 89.0 Å². The molecule has 2 aromatic rings. The first-order valence-corrected chi connectivity index (χ1v) is 10.0. The summed E-state index contributed by atoms with van der Waals surface area (Å²) < 4.78 is 10.7. The van der Waals surface area contributed by atoms with E-state index in [1.807, 2.05) is 6.07 Å². The van der Waals surface area contributed by atoms with Crippen molar-refractivity contribution in [2.75, 3.05) is 26.9 Å². The molecule has 1 atom stereocenters. The number of nitrogens with zero attached hydrogens (tertiary/aromatic N) is 2. The third-order valence-corrected chi connectivity index (χ3v) is 5.49. The fourth-order valence-corrected chi connectivity index (χ4v) is 4.05. The molecular weight excluding hydrogens is 384 g/mol. The number of aliphatic hydroxyl groups excluding tert-OH is 1. The van der Waals surface area contributed by atoms with Gasteiger partial charge in [0.2, 0.25) is 0 Å². The number of aromatic nitrogens is 1. The highest BCUT2D eigenvalue weighted by molar-refractivity contribution is 6.46. The molecule has 1 amide bonds. The molecular formula is C23H24N2O5. The van der Waals surface area contributed by atoms with Gasteiger partial charge >= 0.3 is 0 Å². The number of carbonyl (C=O) groups is 2. The molecule has 1 saturated heterocycles. The molecule has 156 valence electrons. The van der Waals surface area contributed by atoms with Crippen LogP contribution in [0.15, 0.2) is 48.3 Å². The minimum Gasteiger partial charge on any atom is -0.507 e. The first kappa shape index (κ1) is 20.1. The van der Waals surface area contributed by atoms with Gasteiger partial charge in [-0.15, -0.1) is 0 Å². The van der Waals surface area contributed by atoms with Gasteiger partial charge in [0.25, 0.3) is 11.7 Å². The molecule has 1 aromatic heterocycles. The molecule has 30 heavy (non-hydrogen) atoms. The van der Waals surface area contributed by atoms with Crippen molar-refractivity contribution in [1.29, 1.82) is 0 Å². The molecule has 1 N–H and O–H groups in total. The maximum Gasteiger partial charge on any atom is 0.295 e. The number of ether oxygens (including phenoxy) is 2. The van der Waals surface area contributed by atoms with Crippen LogP contribution in [0, 0.1) is 0 Å². The van der Waals surface area contributed by atoms with E-state index in [9.17, 15) is 14.7 Å². The van der Waals surface area contributed by atoms with Crippen molar-refractivity contribution in [3.63, 3.8) is 0 Å². The van der Waals surface area contributed by atoms with Crippen molar-refractivity contribution in [2.24, 2.45) is 0 Å². The SMILES string of the molecule is COCCCN1C(=O)C(=O)/C(=C(\O)c2ccc3c(c2)CCCO3)C1c1ccncc1. The zero-order valence-corrected chi connectivity index (χ0v) is 16.8. The highest BCUT2D eigenvalue weighted by Crippen LogP contribution is 2.40. The van der Waals surface area contributed by atoms with Crippen LogP contribution in [0.4, 0.5) is 0 Å². The number of rotatable bonds is 6. The first-order chi connectivity index (χ1) is 14.6. The fraction of sp³-hybridized carbons (Fsp3) is 0.348. The lowest BCUT2D eigenvalue weighted by molar-refractivity contribution is -0.140. The summed E-state index contributed by atoms with van der Waals surface area (Å²) in [6, 6.07) is 8.21. The number of ketones is 1. The first-order valence-electron chi connectivity index (χ1n) is 10.0. The molecule has 4 rings (SSSR count). The standard InChI is InChI=1S/C23H24N2O5/c1-29-12-3-11-25-20(15-7-9-24-10-8-15)19(22(27)23(25)28)21(26)17-5-6-18-16(14-17)4-2-13-30-18/h5-10,14,20,26H,2-4,11-13H2,1H3/b21-19-. The van der Waals surface area contributed by atoms with Gasteiger partial charge < -0.3 is 19.5 Å². The lowest BCUT2D eigenvalue weighted by Gasteiger charge is -2.25. The Morgan fingerprint density at radius 1 is 1.27 bits per heavy atom. The van der Waals surface area contributed by atoms with E-state index in [-0.39, 0.29) is 11.3 Å². The van der Waals surface area contributed by atoms with Crippen LogP contribution in [0.5, 0.6) is 5.75 Å². The van der Waals surface area contributed by atoms with E-state index in [1.54, 1.807) is 43.8 Å². The molecule has 0 spiro atoms. The summed E-state index contributed by atoms with van der Waals surface area (Å²) in [6.45, 7) is 1.49. The van der Waals surface area contributed by atoms with Crippen LogP contribution in [-0.2, 0) is 20.7 Å². The average Bonchev–Trinajstić information content (AvgIpc) is 3.04. The second-order valence-electron chi connectivity index (χ2n) is 7.39. The third-order valence-electron chi connectivity index (χ3n) is 5.49. The maximum absolute atomic E-state index is 13.0. The van der Waals surface area contributed by atoms with E-state index in [0.717, 1.165) is 29.7 Å². The quantitative estimate of drug-likeness (QED) is 0.342. The van der Waals surface area contributed by atoms with Crippen LogP contribution >= 0.6 is 0 Å². The molecule has 2 aliphatic heterocycles. The normalized spacial score (nSPS) is 20.2. The van der Waals surface area contributed by atoms with Gasteiger partial charge in [0, 0.05) is 38.2 Å². The lowest BCUT2D eigenvalue weighted by atomic mass is 9.94. The summed E-state index contributed by atoms with van der Waals surface area (Å²) in [5.41, 5.74) is 2.32. The average molecular weight is 408 g/mol. The maximum atomic E-state index is 13.0. The smallest absolute Gasteiger partial charge is 0.295 e. The van der Waals surface area contributed by atoms with Crippen molar-refractivity contribution < 1.29 is 24.2 Å². The van der Waals surface area contributed by atoms with E-state index in [2.05, 4.69) is 4.98 Å². The van der Waals surface area contributed by atoms with Gasteiger partial charge in [-0.25, -0.2) is 0 Å². The van der Waals surface area contributed by atoms with Gasteiger partial charge in [-0.1, -0.05) is 0 Å². The van der Waals surface area contributed by atoms with Crippen molar-refractivity contribution in [2.45, 2.75) is 25.3 Å². The number of aliphatic hydroxyl groups is 1. The number of hydrogen-bond acceptors (Lipinski definition) is 6. The molecule has 0 saturated carbocycles. The molecule has 2 aliphatic rings. The Morgan fingerprint density at radius 2 is 2.07 bits per heavy atom. The van der Waals surface area contributed by atoms with E-state index in [1.165, 1.54) is 4.90 Å². The molecule has 7 nitrogen and oxygen atoms in total. The summed E-state index contributed by atoms with van der Waals surface area (Å²) in [4.78, 5) is 31.3. The molecule has 1 fully saturated rings. The Kier molecular flexibility index (Phi) is 5.81. The van der Waals surface area contributed by atoms with Gasteiger partial charge in [0.15, 0.2) is 0 Å². The van der Waals surface area contributed by atoms with Crippen LogP contribution in [0.2, 0.25) is 0 Å². The number of likely N-dealkylation sites (tertiary alicyclic amines) is 1. The fourth-order valence-electron chi connectivity index (χ4n) is 4.05. The molecule has 0 bridgehead atoms. The van der Waals surface area contributed by atoms with Crippen molar-refractivity contribution in [1.82, 2.24) is 9.88 Å². The van der Waals surface area contributed by atoms with Gasteiger partial charge in [-0.3, -0.25) is 14.6 Å². The Bertz CT molecular complexity index is 986. The number of benzene rings is 1. The summed E-state index contributed by atoms with van der Waals surface area (Å²) >= 11 is 0. The number of Topliss-reactive ketones (excluding diaryl/α,β-unsaturated/α-hetero) is 1. The Morgan fingerprint density at radius 3 is 2.83 bits per heavy atom. The van der Waals surface area contributed by atoms with E-state index in [4.69, 9.17) is 9.47 Å². The monoisotopic (exact) mass is 408 g/mol. The summed E-state index contributed by atoms with van der Waals surface area (Å²) in [5.74, 6) is -0.669. The Hall–Kier alpha value is -3.19. The molecule has 7 heteroatoms. The number of carbonyl (C=O) groups excluding carboxylic acids is 2. The zero-order valence-electron chi connectivity index (χ0n) is 16.8. The number of fused-ring (bicyclic) bond motifs is 1. The zero-order chi connectivity index (χ0) is 21.1. The van der Waals surface area contributed by atoms with Crippen LogP contribution in [0.3, 0.4) is 0 Å². The van der Waals surface area contributed by atoms with Gasteiger partial charge in [0.05, 0.1) is 18.2 Å². The predicted molar refractivity (Wildman–Crippen MR) is 110 cm³/mol. The second-order valence-corrected chi connectivity index (χ2v) is 7.39. The minimum absolute atomic E-state index is 0.0975. The Balaban J connectivity index is 1.79. The van der Waals surface area contributed by atoms with E-state index < -0.39 is 17.7 Å². The van der Waals surface area contributed by atoms with Gasteiger partial charge in [-0.2, -0.15) is 0 Å². The summed E-state index contributed by atoms with van der Waals surface area (Å²) in [5, 5.41) is 11.1. The summed E-state index contributed by atoms with van der Waals surface area (Å²) in [7, 11) is 1.59. The molecule has 3 heterocycles. The summed E-state index contributed by atoms with van der Waals surface area (Å²) in [6.07, 6.45) is 5.55. The third kappa shape index (κ3) is 3.68. The molecule has 0 radical (unpaired) electrons. The Labute approximate surface area is 174 Å². The van der Waals surface area contributed by atoms with Crippen LogP contribution in [0.1, 0.15) is 35.6 Å². The van der Waals surface area contributed by atoms with Gasteiger partial charge in [0.1, 0.15) is 11.5 Å². The van der Waals surface area contributed by atoms with E-state index in [0.29, 0.717) is 31.7 Å². The number of hydrogen-bond donors (Lipinski definition) is 1. The van der Waals surface area contributed by atoms with Crippen LogP contribution in [0.25, 0.3) is 5.76 Å².